The molecular weight excluding hydrogens is 393 g/mol. The first-order valence-corrected chi connectivity index (χ1v) is 9.09. The van der Waals surface area contributed by atoms with Crippen LogP contribution >= 0.6 is 0 Å². The molecule has 0 aliphatic carbocycles. The molecule has 1 aromatic carbocycles. The molecule has 0 radical (unpaired) electrons. The molecule has 2 heterocycles. The number of halogens is 3. The first kappa shape index (κ1) is 21.0. The molecule has 1 saturated heterocycles. The fourth-order valence-electron chi connectivity index (χ4n) is 2.95. The van der Waals surface area contributed by atoms with Gasteiger partial charge in [-0.1, -0.05) is 0 Å². The van der Waals surface area contributed by atoms with Gasteiger partial charge in [-0.25, -0.2) is 0 Å². The number of alkyl halides is 3. The van der Waals surface area contributed by atoms with E-state index in [1.807, 2.05) is 0 Å². The Labute approximate surface area is 165 Å². The molecule has 1 aliphatic heterocycles. The van der Waals surface area contributed by atoms with Crippen LogP contribution in [0.1, 0.15) is 25.5 Å². The molecule has 1 aliphatic rings. The van der Waals surface area contributed by atoms with Crippen LogP contribution in [0, 0.1) is 0 Å². The van der Waals surface area contributed by atoms with Crippen molar-refractivity contribution in [2.75, 3.05) is 20.3 Å². The molecular formula is C19H21F3N2O5. The van der Waals surface area contributed by atoms with Gasteiger partial charge in [-0.3, -0.25) is 9.48 Å². The summed E-state index contributed by atoms with van der Waals surface area (Å²) in [6, 6.07) is 5.57. The van der Waals surface area contributed by atoms with Crippen molar-refractivity contribution in [2.24, 2.45) is 0 Å². The molecule has 29 heavy (non-hydrogen) atoms. The van der Waals surface area contributed by atoms with Crippen LogP contribution in [0.5, 0.6) is 11.5 Å². The van der Waals surface area contributed by atoms with Crippen molar-refractivity contribution in [3.8, 4) is 22.8 Å². The summed E-state index contributed by atoms with van der Waals surface area (Å²) in [7, 11) is 1.46. The number of hydrogen-bond acceptors (Lipinski definition) is 6. The summed E-state index contributed by atoms with van der Waals surface area (Å²) in [5.74, 6) is 0.0565. The van der Waals surface area contributed by atoms with Gasteiger partial charge >= 0.3 is 12.1 Å². The van der Waals surface area contributed by atoms with E-state index in [4.69, 9.17) is 18.9 Å². The van der Waals surface area contributed by atoms with Gasteiger partial charge in [0, 0.05) is 12.0 Å². The SMILES string of the molecule is CCOC(=O)Cn1nc(C(F)(F)F)cc1-c1ccc(OC)c(OC2CCCO2)c1. The van der Waals surface area contributed by atoms with Gasteiger partial charge in [-0.2, -0.15) is 18.3 Å². The van der Waals surface area contributed by atoms with Crippen LogP contribution in [0.4, 0.5) is 13.2 Å². The number of carbonyl (C=O) groups excluding carboxylic acids is 1. The van der Waals surface area contributed by atoms with E-state index in [0.29, 0.717) is 30.1 Å². The summed E-state index contributed by atoms with van der Waals surface area (Å²) in [6.45, 7) is 1.85. The molecule has 0 amide bonds. The number of ether oxygens (including phenoxy) is 4. The number of nitrogens with zero attached hydrogens (tertiary/aromatic N) is 2. The Morgan fingerprint density at radius 1 is 1.31 bits per heavy atom. The lowest BCUT2D eigenvalue weighted by Gasteiger charge is -2.16. The second-order valence-electron chi connectivity index (χ2n) is 6.30. The van der Waals surface area contributed by atoms with Crippen LogP contribution in [-0.4, -0.2) is 42.4 Å². The largest absolute Gasteiger partial charge is 0.493 e. The van der Waals surface area contributed by atoms with Crippen molar-refractivity contribution < 1.29 is 36.9 Å². The predicted molar refractivity (Wildman–Crippen MR) is 95.5 cm³/mol. The van der Waals surface area contributed by atoms with E-state index in [9.17, 15) is 18.0 Å². The molecule has 1 fully saturated rings. The third kappa shape index (κ3) is 5.00. The maximum atomic E-state index is 13.2. The Morgan fingerprint density at radius 3 is 2.72 bits per heavy atom. The molecule has 1 atom stereocenters. The molecule has 3 rings (SSSR count). The standard InChI is InChI=1S/C19H21F3N2O5/c1-3-27-17(25)11-24-13(10-16(23-24)19(20,21)22)12-6-7-14(26-2)15(9-12)29-18-5-4-8-28-18/h6-7,9-10,18H,3-5,8,11H2,1-2H3. The van der Waals surface area contributed by atoms with Gasteiger partial charge in [0.1, 0.15) is 6.54 Å². The van der Waals surface area contributed by atoms with Gasteiger partial charge in [0.25, 0.3) is 0 Å². The van der Waals surface area contributed by atoms with E-state index in [0.717, 1.165) is 17.2 Å². The van der Waals surface area contributed by atoms with E-state index in [-0.39, 0.29) is 12.3 Å². The summed E-state index contributed by atoms with van der Waals surface area (Å²) < 4.78 is 61.9. The third-order valence-corrected chi connectivity index (χ3v) is 4.26. The smallest absolute Gasteiger partial charge is 0.435 e. The van der Waals surface area contributed by atoms with E-state index in [1.54, 1.807) is 25.1 Å². The maximum Gasteiger partial charge on any atom is 0.435 e. The van der Waals surface area contributed by atoms with Crippen molar-refractivity contribution in [1.29, 1.82) is 0 Å². The van der Waals surface area contributed by atoms with Crippen LogP contribution in [0.3, 0.4) is 0 Å². The van der Waals surface area contributed by atoms with Crippen LogP contribution in [0.15, 0.2) is 24.3 Å². The lowest BCUT2D eigenvalue weighted by atomic mass is 10.1. The highest BCUT2D eigenvalue weighted by molar-refractivity contribution is 5.71. The van der Waals surface area contributed by atoms with Crippen LogP contribution in [0.2, 0.25) is 0 Å². The topological polar surface area (TPSA) is 71.8 Å². The molecule has 158 valence electrons. The van der Waals surface area contributed by atoms with E-state index in [1.165, 1.54) is 7.11 Å². The minimum Gasteiger partial charge on any atom is -0.493 e. The Bertz CT molecular complexity index is 860. The zero-order valence-corrected chi connectivity index (χ0v) is 16.0. The van der Waals surface area contributed by atoms with Gasteiger partial charge in [-0.15, -0.1) is 0 Å². The van der Waals surface area contributed by atoms with E-state index < -0.39 is 30.7 Å². The normalized spacial score (nSPS) is 16.7. The molecule has 1 unspecified atom stereocenters. The van der Waals surface area contributed by atoms with Crippen molar-refractivity contribution in [3.05, 3.63) is 30.0 Å². The maximum absolute atomic E-state index is 13.2. The number of aromatic nitrogens is 2. The number of hydrogen-bond donors (Lipinski definition) is 0. The van der Waals surface area contributed by atoms with Gasteiger partial charge in [0.2, 0.25) is 0 Å². The molecule has 0 spiro atoms. The van der Waals surface area contributed by atoms with Gasteiger partial charge in [0.05, 0.1) is 26.0 Å². The summed E-state index contributed by atoms with van der Waals surface area (Å²) in [4.78, 5) is 11.8. The van der Waals surface area contributed by atoms with Gasteiger partial charge in [0.15, 0.2) is 23.5 Å². The molecule has 0 saturated carbocycles. The summed E-state index contributed by atoms with van der Waals surface area (Å²) in [5, 5.41) is 3.55. The van der Waals surface area contributed by atoms with Crippen molar-refractivity contribution in [2.45, 2.75) is 38.8 Å². The first-order chi connectivity index (χ1) is 13.8. The fraction of sp³-hybridized carbons (Fsp3) is 0.474. The molecule has 1 aromatic heterocycles. The highest BCUT2D eigenvalue weighted by Gasteiger charge is 2.35. The minimum atomic E-state index is -4.65. The Hall–Kier alpha value is -2.75. The fourth-order valence-corrected chi connectivity index (χ4v) is 2.95. The number of methoxy groups -OCH3 is 1. The highest BCUT2D eigenvalue weighted by Crippen LogP contribution is 2.37. The zero-order chi connectivity index (χ0) is 21.0. The number of carbonyl (C=O) groups is 1. The van der Waals surface area contributed by atoms with Crippen LogP contribution in [0.25, 0.3) is 11.3 Å². The second kappa shape index (κ2) is 8.73. The van der Waals surface area contributed by atoms with Gasteiger partial charge in [-0.05, 0) is 37.6 Å². The average molecular weight is 414 g/mol. The molecule has 0 bridgehead atoms. The third-order valence-electron chi connectivity index (χ3n) is 4.26. The quantitative estimate of drug-likeness (QED) is 0.644. The zero-order valence-electron chi connectivity index (χ0n) is 16.0. The lowest BCUT2D eigenvalue weighted by Crippen LogP contribution is -2.16. The Kier molecular flexibility index (Phi) is 6.31. The number of benzene rings is 1. The van der Waals surface area contributed by atoms with Gasteiger partial charge < -0.3 is 18.9 Å². The summed E-state index contributed by atoms with van der Waals surface area (Å²) in [5.41, 5.74) is -0.620. The molecule has 7 nitrogen and oxygen atoms in total. The monoisotopic (exact) mass is 414 g/mol. The second-order valence-corrected chi connectivity index (χ2v) is 6.30. The minimum absolute atomic E-state index is 0.102. The van der Waals surface area contributed by atoms with E-state index >= 15 is 0 Å². The molecule has 0 N–H and O–H groups in total. The average Bonchev–Trinajstić information content (AvgIpc) is 3.31. The Morgan fingerprint density at radius 2 is 2.10 bits per heavy atom. The van der Waals surface area contributed by atoms with Crippen molar-refractivity contribution in [3.63, 3.8) is 0 Å². The number of esters is 1. The highest BCUT2D eigenvalue weighted by atomic mass is 19.4. The Balaban J connectivity index is 1.99. The summed E-state index contributed by atoms with van der Waals surface area (Å²) >= 11 is 0. The predicted octanol–water partition coefficient (Wildman–Crippen LogP) is 3.66. The number of rotatable bonds is 7. The van der Waals surface area contributed by atoms with Crippen molar-refractivity contribution in [1.82, 2.24) is 9.78 Å². The lowest BCUT2D eigenvalue weighted by molar-refractivity contribution is -0.146. The van der Waals surface area contributed by atoms with Crippen LogP contribution in [-0.2, 0) is 27.0 Å². The van der Waals surface area contributed by atoms with E-state index in [2.05, 4.69) is 5.10 Å². The summed E-state index contributed by atoms with van der Waals surface area (Å²) in [6.07, 6.45) is -3.55. The van der Waals surface area contributed by atoms with Crippen LogP contribution < -0.4 is 9.47 Å². The molecule has 10 heteroatoms. The molecule has 2 aromatic rings. The first-order valence-electron chi connectivity index (χ1n) is 9.09. The van der Waals surface area contributed by atoms with Crippen molar-refractivity contribution >= 4 is 5.97 Å².